The Morgan fingerprint density at radius 3 is 2.36 bits per heavy atom. The average Bonchev–Trinajstić information content (AvgIpc) is 2.05. The molecule has 1 saturated heterocycles. The van der Waals surface area contributed by atoms with Gasteiger partial charge in [-0.3, -0.25) is 0 Å². The number of nitrogens with zero attached hydrogens (tertiary/aromatic N) is 1. The molecule has 0 aliphatic carbocycles. The second-order valence-corrected chi connectivity index (χ2v) is 3.98. The highest BCUT2D eigenvalue weighted by Gasteiger charge is 2.18. The Morgan fingerprint density at radius 2 is 1.91 bits per heavy atom. The molecule has 0 spiro atoms. The van der Waals surface area contributed by atoms with Gasteiger partial charge in [-0.1, -0.05) is 13.8 Å². The van der Waals surface area contributed by atoms with Gasteiger partial charge in [0, 0.05) is 6.04 Å². The largest absolute Gasteiger partial charge is 0.301 e. The van der Waals surface area contributed by atoms with Crippen molar-refractivity contribution >= 4 is 0 Å². The van der Waals surface area contributed by atoms with Crippen LogP contribution in [0.2, 0.25) is 0 Å². The van der Waals surface area contributed by atoms with Crippen LogP contribution in [-0.4, -0.2) is 24.0 Å². The van der Waals surface area contributed by atoms with E-state index >= 15 is 0 Å². The van der Waals surface area contributed by atoms with Crippen molar-refractivity contribution in [2.75, 3.05) is 13.1 Å². The van der Waals surface area contributed by atoms with E-state index in [0.29, 0.717) is 0 Å². The molecule has 1 nitrogen and oxygen atoms in total. The van der Waals surface area contributed by atoms with Crippen molar-refractivity contribution in [1.82, 2.24) is 4.90 Å². The lowest BCUT2D eigenvalue weighted by Crippen LogP contribution is -2.39. The average molecular weight is 155 g/mol. The lowest BCUT2D eigenvalue weighted by molar-refractivity contribution is 0.144. The first-order valence-corrected chi connectivity index (χ1v) is 4.98. The minimum absolute atomic E-state index is 0.808. The molecule has 0 radical (unpaired) electrons. The molecule has 0 bridgehead atoms. The van der Waals surface area contributed by atoms with Crippen molar-refractivity contribution in [3.63, 3.8) is 0 Å². The normalized spacial score (nSPS) is 25.4. The molecule has 0 aromatic carbocycles. The highest BCUT2D eigenvalue weighted by molar-refractivity contribution is 4.73. The maximum absolute atomic E-state index is 2.62. The van der Waals surface area contributed by atoms with Crippen LogP contribution < -0.4 is 0 Å². The van der Waals surface area contributed by atoms with Gasteiger partial charge in [0.1, 0.15) is 0 Å². The topological polar surface area (TPSA) is 3.24 Å². The van der Waals surface area contributed by atoms with Crippen LogP contribution in [0.25, 0.3) is 0 Å². The van der Waals surface area contributed by atoms with Crippen LogP contribution in [0.1, 0.15) is 40.0 Å². The number of rotatable bonds is 2. The summed E-state index contributed by atoms with van der Waals surface area (Å²) in [5.74, 6) is 0.968. The monoisotopic (exact) mass is 155 g/mol. The minimum atomic E-state index is 0.808. The SMILES string of the molecule is CC[C@H](C)N1CCC(C)CC1. The minimum Gasteiger partial charge on any atom is -0.301 e. The summed E-state index contributed by atoms with van der Waals surface area (Å²) in [5.41, 5.74) is 0. The van der Waals surface area contributed by atoms with Crippen LogP contribution in [-0.2, 0) is 0 Å². The summed E-state index contributed by atoms with van der Waals surface area (Å²) >= 11 is 0. The van der Waals surface area contributed by atoms with Crippen molar-refractivity contribution in [2.45, 2.75) is 46.1 Å². The number of hydrogen-bond donors (Lipinski definition) is 0. The van der Waals surface area contributed by atoms with Crippen LogP contribution in [0.5, 0.6) is 0 Å². The lowest BCUT2D eigenvalue weighted by Gasteiger charge is -2.34. The van der Waals surface area contributed by atoms with E-state index in [1.54, 1.807) is 0 Å². The smallest absolute Gasteiger partial charge is 0.00643 e. The van der Waals surface area contributed by atoms with Gasteiger partial charge in [-0.15, -0.1) is 0 Å². The predicted octanol–water partition coefficient (Wildman–Crippen LogP) is 2.52. The van der Waals surface area contributed by atoms with Gasteiger partial charge in [0.15, 0.2) is 0 Å². The molecule has 1 rings (SSSR count). The fourth-order valence-electron chi connectivity index (χ4n) is 1.73. The van der Waals surface area contributed by atoms with Gasteiger partial charge < -0.3 is 4.90 Å². The summed E-state index contributed by atoms with van der Waals surface area (Å²) in [4.78, 5) is 2.62. The van der Waals surface area contributed by atoms with E-state index in [4.69, 9.17) is 0 Å². The molecule has 1 heteroatoms. The van der Waals surface area contributed by atoms with Gasteiger partial charge in [-0.25, -0.2) is 0 Å². The number of piperidine rings is 1. The van der Waals surface area contributed by atoms with E-state index < -0.39 is 0 Å². The fourth-order valence-corrected chi connectivity index (χ4v) is 1.73. The second kappa shape index (κ2) is 4.10. The molecule has 0 aromatic rings. The van der Waals surface area contributed by atoms with E-state index in [2.05, 4.69) is 25.7 Å². The Balaban J connectivity index is 2.27. The molecule has 0 aromatic heterocycles. The molecule has 1 heterocycles. The van der Waals surface area contributed by atoms with E-state index in [0.717, 1.165) is 12.0 Å². The maximum atomic E-state index is 2.62. The summed E-state index contributed by atoms with van der Waals surface area (Å²) in [6.45, 7) is 9.65. The molecule has 11 heavy (non-hydrogen) atoms. The molecule has 1 aliphatic heterocycles. The zero-order valence-corrected chi connectivity index (χ0v) is 8.14. The highest BCUT2D eigenvalue weighted by atomic mass is 15.1. The second-order valence-electron chi connectivity index (χ2n) is 3.98. The van der Waals surface area contributed by atoms with E-state index in [-0.39, 0.29) is 0 Å². The molecule has 0 saturated carbocycles. The predicted molar refractivity (Wildman–Crippen MR) is 49.7 cm³/mol. The summed E-state index contributed by atoms with van der Waals surface area (Å²) in [5, 5.41) is 0. The van der Waals surface area contributed by atoms with Gasteiger partial charge in [-0.05, 0) is 45.2 Å². The zero-order chi connectivity index (χ0) is 8.27. The third kappa shape index (κ3) is 2.48. The Hall–Kier alpha value is -0.0400. The molecule has 0 N–H and O–H groups in total. The van der Waals surface area contributed by atoms with Crippen LogP contribution in [0.4, 0.5) is 0 Å². The zero-order valence-electron chi connectivity index (χ0n) is 8.14. The Labute approximate surface area is 70.8 Å². The summed E-state index contributed by atoms with van der Waals surface area (Å²) < 4.78 is 0. The molecule has 66 valence electrons. The Morgan fingerprint density at radius 1 is 1.36 bits per heavy atom. The molecule has 0 amide bonds. The molecule has 1 fully saturated rings. The first-order chi connectivity index (χ1) is 5.24. The van der Waals surface area contributed by atoms with Crippen LogP contribution in [0.3, 0.4) is 0 Å². The first kappa shape index (κ1) is 9.05. The standard InChI is InChI=1S/C10H21N/c1-4-10(3)11-7-5-9(2)6-8-11/h9-10H,4-8H2,1-3H3/t10-/m0/s1. The van der Waals surface area contributed by atoms with E-state index in [1.165, 1.54) is 32.4 Å². The van der Waals surface area contributed by atoms with Crippen LogP contribution >= 0.6 is 0 Å². The Bertz CT molecular complexity index is 103. The quantitative estimate of drug-likeness (QED) is 0.592. The fraction of sp³-hybridized carbons (Fsp3) is 1.00. The molecule has 1 aliphatic rings. The maximum Gasteiger partial charge on any atom is 0.00643 e. The summed E-state index contributed by atoms with van der Waals surface area (Å²) in [7, 11) is 0. The molecular weight excluding hydrogens is 134 g/mol. The van der Waals surface area contributed by atoms with Gasteiger partial charge in [0.2, 0.25) is 0 Å². The van der Waals surface area contributed by atoms with Gasteiger partial charge in [-0.2, -0.15) is 0 Å². The van der Waals surface area contributed by atoms with Gasteiger partial charge in [0.25, 0.3) is 0 Å². The molecule has 1 atom stereocenters. The Kier molecular flexibility index (Phi) is 3.38. The van der Waals surface area contributed by atoms with Gasteiger partial charge >= 0.3 is 0 Å². The summed E-state index contributed by atoms with van der Waals surface area (Å²) in [6.07, 6.45) is 4.11. The van der Waals surface area contributed by atoms with E-state index in [9.17, 15) is 0 Å². The van der Waals surface area contributed by atoms with Crippen molar-refractivity contribution in [3.05, 3.63) is 0 Å². The third-order valence-electron chi connectivity index (χ3n) is 3.03. The van der Waals surface area contributed by atoms with E-state index in [1.807, 2.05) is 0 Å². The van der Waals surface area contributed by atoms with Crippen molar-refractivity contribution in [3.8, 4) is 0 Å². The first-order valence-electron chi connectivity index (χ1n) is 4.98. The van der Waals surface area contributed by atoms with Crippen LogP contribution in [0, 0.1) is 5.92 Å². The van der Waals surface area contributed by atoms with Crippen LogP contribution in [0.15, 0.2) is 0 Å². The van der Waals surface area contributed by atoms with Crippen molar-refractivity contribution in [1.29, 1.82) is 0 Å². The number of hydrogen-bond acceptors (Lipinski definition) is 1. The number of likely N-dealkylation sites (tertiary alicyclic amines) is 1. The van der Waals surface area contributed by atoms with Gasteiger partial charge in [0.05, 0.1) is 0 Å². The highest BCUT2D eigenvalue weighted by Crippen LogP contribution is 2.18. The lowest BCUT2D eigenvalue weighted by atomic mass is 9.98. The molecular formula is C10H21N. The molecule has 0 unspecified atom stereocenters. The van der Waals surface area contributed by atoms with Crippen molar-refractivity contribution < 1.29 is 0 Å². The summed E-state index contributed by atoms with van der Waals surface area (Å²) in [6, 6.07) is 0.808. The van der Waals surface area contributed by atoms with Crippen molar-refractivity contribution in [2.24, 2.45) is 5.92 Å². The third-order valence-corrected chi connectivity index (χ3v) is 3.03.